The number of rotatable bonds is 9. The Kier molecular flexibility index (Phi) is 11.0. The molecule has 4 fully saturated rings. The molecular formula is C66H51BN5OPt-3. The van der Waals surface area contributed by atoms with Gasteiger partial charge in [-0.2, -0.15) is 12.1 Å². The summed E-state index contributed by atoms with van der Waals surface area (Å²) >= 11 is 0. The number of ether oxygens (including phenoxy) is 1. The van der Waals surface area contributed by atoms with E-state index in [9.17, 15) is 0 Å². The second-order valence-corrected chi connectivity index (χ2v) is 20.9. The molecule has 2 aromatic heterocycles. The Morgan fingerprint density at radius 1 is 0.595 bits per heavy atom. The molecule has 0 unspecified atom stereocenters. The van der Waals surface area contributed by atoms with Crippen LogP contribution in [0.4, 0.5) is 22.7 Å². The molecule has 7 aliphatic rings. The van der Waals surface area contributed by atoms with Crippen molar-refractivity contribution in [1.29, 1.82) is 0 Å². The van der Waals surface area contributed by atoms with Crippen LogP contribution >= 0.6 is 0 Å². The summed E-state index contributed by atoms with van der Waals surface area (Å²) in [5.41, 5.74) is 13.6. The molecule has 74 heavy (non-hydrogen) atoms. The average molecular weight is 1140 g/mol. The standard InChI is InChI=1S/C66H51BN5O.Pt/c1-3-16-47(17-4-1)55-23-14-24-56(48-18-5-2-6-19-48)65(55)71-44-70(60-26-9-10-27-61(60)71)52-20-13-21-53(42-52)73-54-29-30-58-57-22-7-8-25-59(57)72(62(58)43-54)64-41-49(31-33-68-64)66(50-37-45-36-46(39-50)40-51(66)38-45)63-28-15-35-69-34-12-11-32-67(63)69;/h1-35,41,44-46,50-51H,36-40H2;/q-3;. The number of fused-ring (bicyclic) bond motifs is 5. The Morgan fingerprint density at radius 3 is 2.01 bits per heavy atom. The van der Waals surface area contributed by atoms with Gasteiger partial charge < -0.3 is 23.9 Å². The van der Waals surface area contributed by atoms with Crippen LogP contribution in [0, 0.1) is 42.5 Å². The number of benzene rings is 7. The van der Waals surface area contributed by atoms with Gasteiger partial charge in [0, 0.05) is 77.9 Å². The monoisotopic (exact) mass is 1140 g/mol. The van der Waals surface area contributed by atoms with E-state index in [1.54, 1.807) is 5.47 Å². The van der Waals surface area contributed by atoms with Crippen molar-refractivity contribution in [2.45, 2.75) is 37.5 Å². The molecule has 9 aromatic rings. The maximum absolute atomic E-state index is 6.83. The maximum Gasteiger partial charge on any atom is 0.316 e. The Hall–Kier alpha value is -7.60. The van der Waals surface area contributed by atoms with E-state index in [0.29, 0.717) is 23.3 Å². The number of pyridine rings is 1. The van der Waals surface area contributed by atoms with Gasteiger partial charge in [-0.05, 0) is 133 Å². The number of hydrogen-bond donors (Lipinski definition) is 0. The third-order valence-corrected chi connectivity index (χ3v) is 17.1. The first-order chi connectivity index (χ1) is 36.2. The molecule has 8 heteroatoms. The van der Waals surface area contributed by atoms with Crippen LogP contribution in [0.2, 0.25) is 0 Å². The number of para-hydroxylation sites is 4. The van der Waals surface area contributed by atoms with Crippen molar-refractivity contribution in [1.82, 2.24) is 14.4 Å². The molecule has 3 aliphatic heterocycles. The molecule has 5 heterocycles. The van der Waals surface area contributed by atoms with Crippen molar-refractivity contribution < 1.29 is 25.8 Å². The van der Waals surface area contributed by atoms with E-state index in [2.05, 4.69) is 245 Å². The van der Waals surface area contributed by atoms with Crippen LogP contribution in [0.15, 0.2) is 224 Å². The van der Waals surface area contributed by atoms with E-state index in [1.807, 2.05) is 12.1 Å². The van der Waals surface area contributed by atoms with Gasteiger partial charge in [0.25, 0.3) is 0 Å². The molecule has 0 atom stereocenters. The fraction of sp³-hybridized carbons (Fsp3) is 0.152. The first-order valence-electron chi connectivity index (χ1n) is 26.1. The number of aromatic nitrogens is 2. The second-order valence-electron chi connectivity index (χ2n) is 20.9. The molecule has 4 aliphatic carbocycles. The predicted octanol–water partition coefficient (Wildman–Crippen LogP) is 15.9. The zero-order valence-corrected chi connectivity index (χ0v) is 43.0. The molecule has 0 amide bonds. The zero-order chi connectivity index (χ0) is 48.0. The summed E-state index contributed by atoms with van der Waals surface area (Å²) in [6.07, 6.45) is 22.3. The molecule has 7 aromatic carbocycles. The van der Waals surface area contributed by atoms with Crippen LogP contribution in [0.1, 0.15) is 37.7 Å². The van der Waals surface area contributed by atoms with Crippen molar-refractivity contribution in [3.8, 4) is 39.6 Å². The Labute approximate surface area is 448 Å². The van der Waals surface area contributed by atoms with Crippen LogP contribution in [0.5, 0.6) is 11.5 Å². The molecule has 362 valence electrons. The summed E-state index contributed by atoms with van der Waals surface area (Å²) in [6.45, 7) is 2.40. The normalized spacial score (nSPS) is 22.0. The topological polar surface area (TPSA) is 36.8 Å². The van der Waals surface area contributed by atoms with Gasteiger partial charge in [0.15, 0.2) is 0 Å². The quantitative estimate of drug-likeness (QED) is 0.106. The van der Waals surface area contributed by atoms with Gasteiger partial charge in [-0.25, -0.2) is 4.98 Å². The van der Waals surface area contributed by atoms with E-state index in [1.165, 1.54) is 37.7 Å². The number of nitrogens with zero attached hydrogens (tertiary/aromatic N) is 5. The van der Waals surface area contributed by atoms with Crippen molar-refractivity contribution in [2.75, 3.05) is 9.80 Å². The molecule has 6 nitrogen and oxygen atoms in total. The fourth-order valence-corrected chi connectivity index (χ4v) is 14.4. The summed E-state index contributed by atoms with van der Waals surface area (Å²) in [7, 11) is 0. The Balaban J connectivity index is 0.00000505. The molecule has 16 rings (SSSR count). The van der Waals surface area contributed by atoms with Crippen LogP contribution in [0.3, 0.4) is 0 Å². The summed E-state index contributed by atoms with van der Waals surface area (Å²) in [5.74, 6) is 7.42. The molecule has 0 N–H and O–H groups in total. The van der Waals surface area contributed by atoms with Crippen molar-refractivity contribution in [2.24, 2.45) is 23.7 Å². The first kappa shape index (κ1) is 45.1. The van der Waals surface area contributed by atoms with E-state index >= 15 is 0 Å². The molecule has 4 saturated carbocycles. The first-order valence-corrected chi connectivity index (χ1v) is 26.1. The fourth-order valence-electron chi connectivity index (χ4n) is 14.4. The van der Waals surface area contributed by atoms with Crippen molar-refractivity contribution in [3.05, 3.63) is 249 Å². The minimum atomic E-state index is -0.0777. The van der Waals surface area contributed by atoms with E-state index in [-0.39, 0.29) is 33.3 Å². The van der Waals surface area contributed by atoms with Crippen LogP contribution in [-0.2, 0) is 26.5 Å². The minimum absolute atomic E-state index is 0. The zero-order valence-electron chi connectivity index (χ0n) is 40.7. The smallest absolute Gasteiger partial charge is 0.316 e. The Morgan fingerprint density at radius 2 is 1.26 bits per heavy atom. The van der Waals surface area contributed by atoms with Gasteiger partial charge in [0.05, 0.1) is 0 Å². The molecule has 0 spiro atoms. The van der Waals surface area contributed by atoms with Crippen LogP contribution < -0.4 is 14.5 Å². The van der Waals surface area contributed by atoms with E-state index in [4.69, 9.17) is 9.72 Å². The summed E-state index contributed by atoms with van der Waals surface area (Å²) in [4.78, 5) is 12.2. The van der Waals surface area contributed by atoms with E-state index in [0.717, 1.165) is 84.5 Å². The molecule has 0 saturated heterocycles. The molecular weight excluding hydrogens is 1080 g/mol. The third kappa shape index (κ3) is 7.14. The predicted molar refractivity (Wildman–Crippen MR) is 297 cm³/mol. The van der Waals surface area contributed by atoms with Gasteiger partial charge in [-0.1, -0.05) is 138 Å². The third-order valence-electron chi connectivity index (χ3n) is 17.1. The SMILES string of the molecule is [Pt].[c-]1c(Oc2[c-]c3c(cc2)c2ccccc2n3-c2cc(C3(C4=CC=CN5C=CC=CB45)C4CC5CC(C4)CC3C5)ccn2)cccc1N1[CH-]N(c2c(-c3ccccc3)cccc2-c2ccccc2)c2ccccc21. The van der Waals surface area contributed by atoms with Crippen molar-refractivity contribution in [3.63, 3.8) is 0 Å². The van der Waals surface area contributed by atoms with Gasteiger partial charge in [-0.15, -0.1) is 48.1 Å². The second kappa shape index (κ2) is 18.1. The van der Waals surface area contributed by atoms with Crippen LogP contribution in [0.25, 0.3) is 49.9 Å². The van der Waals surface area contributed by atoms with Gasteiger partial charge in [0.1, 0.15) is 5.82 Å². The maximum atomic E-state index is 6.83. The number of anilines is 4. The summed E-state index contributed by atoms with van der Waals surface area (Å²) in [6, 6.07) is 67.8. The number of allylic oxidation sites excluding steroid dienone is 5. The van der Waals surface area contributed by atoms with Gasteiger partial charge in [-0.3, -0.25) is 0 Å². The van der Waals surface area contributed by atoms with E-state index < -0.39 is 0 Å². The Bertz CT molecular complexity index is 3680. The minimum Gasteiger partial charge on any atom is -0.509 e. The summed E-state index contributed by atoms with van der Waals surface area (Å²) < 4.78 is 9.14. The largest absolute Gasteiger partial charge is 0.509 e. The van der Waals surface area contributed by atoms with Crippen LogP contribution in [-0.4, -0.2) is 21.2 Å². The average Bonchev–Trinajstić information content (AvgIpc) is 4.01. The molecule has 0 radical (unpaired) electrons. The number of hydrogen-bond acceptors (Lipinski definition) is 5. The van der Waals surface area contributed by atoms with Gasteiger partial charge in [0.2, 0.25) is 0 Å². The van der Waals surface area contributed by atoms with Gasteiger partial charge >= 0.3 is 6.85 Å². The summed E-state index contributed by atoms with van der Waals surface area (Å²) in [5, 5.41) is 2.28. The van der Waals surface area contributed by atoms with Crippen molar-refractivity contribution >= 4 is 51.4 Å². The molecule has 4 bridgehead atoms.